The number of amides is 1. The largest absolute Gasteiger partial charge is 0.495 e. The molecule has 1 amide bonds. The molecule has 0 bridgehead atoms. The fraction of sp³-hybridized carbons (Fsp3) is 0.412. The monoisotopic (exact) mass is 299 g/mol. The number of imidazole rings is 1. The molecular formula is C17H21N3O2. The molecule has 3 rings (SSSR count). The summed E-state index contributed by atoms with van der Waals surface area (Å²) in [5.74, 6) is 1.41. The van der Waals surface area contributed by atoms with E-state index in [9.17, 15) is 4.79 Å². The SMILES string of the molecule is CCC1CN(C(=O)c2ccc(-n3cnc(C)c3)c(OC)c2)C1. The minimum Gasteiger partial charge on any atom is -0.495 e. The smallest absolute Gasteiger partial charge is 0.254 e. The quantitative estimate of drug-likeness (QED) is 0.872. The highest BCUT2D eigenvalue weighted by atomic mass is 16.5. The Hall–Kier alpha value is -2.30. The van der Waals surface area contributed by atoms with Crippen LogP contribution in [-0.2, 0) is 0 Å². The molecule has 1 fully saturated rings. The van der Waals surface area contributed by atoms with Gasteiger partial charge in [-0.2, -0.15) is 0 Å². The number of nitrogens with zero attached hydrogens (tertiary/aromatic N) is 3. The van der Waals surface area contributed by atoms with Crippen LogP contribution in [0.25, 0.3) is 5.69 Å². The van der Waals surface area contributed by atoms with Gasteiger partial charge in [0.05, 0.1) is 24.8 Å². The number of likely N-dealkylation sites (tertiary alicyclic amines) is 1. The van der Waals surface area contributed by atoms with Crippen LogP contribution in [0.4, 0.5) is 0 Å². The maximum absolute atomic E-state index is 12.5. The van der Waals surface area contributed by atoms with Crippen molar-refractivity contribution in [1.29, 1.82) is 0 Å². The van der Waals surface area contributed by atoms with E-state index in [4.69, 9.17) is 4.74 Å². The van der Waals surface area contributed by atoms with Crippen molar-refractivity contribution in [3.8, 4) is 11.4 Å². The lowest BCUT2D eigenvalue weighted by atomic mass is 9.96. The van der Waals surface area contributed by atoms with E-state index in [1.165, 1.54) is 0 Å². The van der Waals surface area contributed by atoms with Crippen LogP contribution in [-0.4, -0.2) is 40.6 Å². The number of aromatic nitrogens is 2. The minimum atomic E-state index is 0.0800. The van der Waals surface area contributed by atoms with Crippen molar-refractivity contribution in [3.05, 3.63) is 42.0 Å². The van der Waals surface area contributed by atoms with Crippen LogP contribution in [0.1, 0.15) is 29.4 Å². The van der Waals surface area contributed by atoms with Crippen LogP contribution in [0.3, 0.4) is 0 Å². The molecule has 2 aromatic rings. The average molecular weight is 299 g/mol. The van der Waals surface area contributed by atoms with Gasteiger partial charge in [-0.1, -0.05) is 6.92 Å². The van der Waals surface area contributed by atoms with Crippen LogP contribution >= 0.6 is 0 Å². The summed E-state index contributed by atoms with van der Waals surface area (Å²) in [5.41, 5.74) is 2.50. The lowest BCUT2D eigenvalue weighted by molar-refractivity contribution is 0.0494. The predicted molar refractivity (Wildman–Crippen MR) is 84.5 cm³/mol. The van der Waals surface area contributed by atoms with E-state index in [0.29, 0.717) is 17.2 Å². The van der Waals surface area contributed by atoms with Crippen molar-refractivity contribution < 1.29 is 9.53 Å². The van der Waals surface area contributed by atoms with Gasteiger partial charge < -0.3 is 14.2 Å². The van der Waals surface area contributed by atoms with Crippen molar-refractivity contribution in [2.24, 2.45) is 5.92 Å². The van der Waals surface area contributed by atoms with E-state index >= 15 is 0 Å². The molecule has 5 heteroatoms. The first-order valence-electron chi connectivity index (χ1n) is 7.60. The van der Waals surface area contributed by atoms with Crippen molar-refractivity contribution in [2.75, 3.05) is 20.2 Å². The maximum Gasteiger partial charge on any atom is 0.254 e. The minimum absolute atomic E-state index is 0.0800. The molecule has 0 saturated carbocycles. The highest BCUT2D eigenvalue weighted by molar-refractivity contribution is 5.95. The summed E-state index contributed by atoms with van der Waals surface area (Å²) in [6.45, 7) is 5.83. The second kappa shape index (κ2) is 5.83. The number of ether oxygens (including phenoxy) is 1. The summed E-state index contributed by atoms with van der Waals surface area (Å²) in [7, 11) is 1.62. The van der Waals surface area contributed by atoms with E-state index < -0.39 is 0 Å². The zero-order chi connectivity index (χ0) is 15.7. The van der Waals surface area contributed by atoms with Gasteiger partial charge in [-0.15, -0.1) is 0 Å². The zero-order valence-corrected chi connectivity index (χ0v) is 13.2. The Kier molecular flexibility index (Phi) is 3.88. The Bertz CT molecular complexity index is 687. The molecular weight excluding hydrogens is 278 g/mol. The molecule has 0 aliphatic carbocycles. The molecule has 1 aliphatic rings. The Morgan fingerprint density at radius 1 is 1.41 bits per heavy atom. The van der Waals surface area contributed by atoms with Crippen LogP contribution in [0.5, 0.6) is 5.75 Å². The average Bonchev–Trinajstić information content (AvgIpc) is 2.91. The second-order valence-electron chi connectivity index (χ2n) is 5.79. The van der Waals surface area contributed by atoms with Crippen LogP contribution in [0, 0.1) is 12.8 Å². The normalized spacial score (nSPS) is 14.8. The van der Waals surface area contributed by atoms with Gasteiger partial charge in [-0.3, -0.25) is 4.79 Å². The predicted octanol–water partition coefficient (Wildman–Crippen LogP) is 2.67. The number of methoxy groups -OCH3 is 1. The Morgan fingerprint density at radius 3 is 2.77 bits per heavy atom. The lowest BCUT2D eigenvalue weighted by Gasteiger charge is -2.39. The Labute approximate surface area is 130 Å². The van der Waals surface area contributed by atoms with Crippen molar-refractivity contribution >= 4 is 5.91 Å². The fourth-order valence-electron chi connectivity index (χ4n) is 2.75. The molecule has 116 valence electrons. The second-order valence-corrected chi connectivity index (χ2v) is 5.79. The first-order chi connectivity index (χ1) is 10.6. The molecule has 2 heterocycles. The zero-order valence-electron chi connectivity index (χ0n) is 13.2. The van der Waals surface area contributed by atoms with E-state index in [1.54, 1.807) is 13.4 Å². The van der Waals surface area contributed by atoms with E-state index in [1.807, 2.05) is 40.8 Å². The summed E-state index contributed by atoms with van der Waals surface area (Å²) < 4.78 is 7.36. The molecule has 22 heavy (non-hydrogen) atoms. The number of carbonyl (C=O) groups excluding carboxylic acids is 1. The number of aryl methyl sites for hydroxylation is 1. The molecule has 0 atom stereocenters. The van der Waals surface area contributed by atoms with Crippen molar-refractivity contribution in [2.45, 2.75) is 20.3 Å². The summed E-state index contributed by atoms with van der Waals surface area (Å²) >= 11 is 0. The van der Waals surface area contributed by atoms with Crippen LogP contribution < -0.4 is 4.74 Å². The molecule has 0 spiro atoms. The van der Waals surface area contributed by atoms with Gasteiger partial charge >= 0.3 is 0 Å². The van der Waals surface area contributed by atoms with E-state index in [-0.39, 0.29) is 5.91 Å². The van der Waals surface area contributed by atoms with Crippen molar-refractivity contribution in [1.82, 2.24) is 14.5 Å². The molecule has 0 N–H and O–H groups in total. The molecule has 1 aromatic heterocycles. The molecule has 1 saturated heterocycles. The van der Waals surface area contributed by atoms with E-state index in [2.05, 4.69) is 11.9 Å². The molecule has 1 aromatic carbocycles. The fourth-order valence-corrected chi connectivity index (χ4v) is 2.75. The number of benzene rings is 1. The number of rotatable bonds is 4. The lowest BCUT2D eigenvalue weighted by Crippen LogP contribution is -2.49. The first kappa shape index (κ1) is 14.6. The van der Waals surface area contributed by atoms with Gasteiger partial charge in [-0.05, 0) is 37.5 Å². The van der Waals surface area contributed by atoms with Gasteiger partial charge in [-0.25, -0.2) is 4.98 Å². The number of hydrogen-bond donors (Lipinski definition) is 0. The third kappa shape index (κ3) is 2.58. The van der Waals surface area contributed by atoms with Crippen LogP contribution in [0.15, 0.2) is 30.7 Å². The summed E-state index contributed by atoms with van der Waals surface area (Å²) in [5, 5.41) is 0. The van der Waals surface area contributed by atoms with Crippen LogP contribution in [0.2, 0.25) is 0 Å². The maximum atomic E-state index is 12.5. The summed E-state index contributed by atoms with van der Waals surface area (Å²) in [4.78, 5) is 18.6. The van der Waals surface area contributed by atoms with Gasteiger partial charge in [0.25, 0.3) is 5.91 Å². The third-order valence-corrected chi connectivity index (χ3v) is 4.24. The van der Waals surface area contributed by atoms with E-state index in [0.717, 1.165) is 30.9 Å². The molecule has 5 nitrogen and oxygen atoms in total. The van der Waals surface area contributed by atoms with Gasteiger partial charge in [0.15, 0.2) is 0 Å². The topological polar surface area (TPSA) is 47.4 Å². The number of carbonyl (C=O) groups is 1. The Morgan fingerprint density at radius 2 is 2.18 bits per heavy atom. The highest BCUT2D eigenvalue weighted by Gasteiger charge is 2.30. The molecule has 1 aliphatic heterocycles. The first-order valence-corrected chi connectivity index (χ1v) is 7.60. The molecule has 0 radical (unpaired) electrons. The van der Waals surface area contributed by atoms with Gasteiger partial charge in [0.1, 0.15) is 5.75 Å². The van der Waals surface area contributed by atoms with Gasteiger partial charge in [0.2, 0.25) is 0 Å². The standard InChI is InChI=1S/C17H21N3O2/c1-4-13-9-19(10-13)17(21)14-5-6-15(16(7-14)22-3)20-8-12(2)18-11-20/h5-8,11,13H,4,9-10H2,1-3H3. The van der Waals surface area contributed by atoms with Crippen molar-refractivity contribution in [3.63, 3.8) is 0 Å². The summed E-state index contributed by atoms with van der Waals surface area (Å²) in [6.07, 6.45) is 4.81. The van der Waals surface area contributed by atoms with Gasteiger partial charge in [0, 0.05) is 24.8 Å². The highest BCUT2D eigenvalue weighted by Crippen LogP contribution is 2.27. The number of hydrogen-bond acceptors (Lipinski definition) is 3. The summed E-state index contributed by atoms with van der Waals surface area (Å²) in [6, 6.07) is 5.57. The third-order valence-electron chi connectivity index (χ3n) is 4.24. The molecule has 0 unspecified atom stereocenters. The Balaban J connectivity index is 1.84.